The van der Waals surface area contributed by atoms with Gasteiger partial charge in [-0.25, -0.2) is 9.98 Å². The van der Waals surface area contributed by atoms with Crippen LogP contribution in [0.1, 0.15) is 23.3 Å². The monoisotopic (exact) mass is 292 g/mol. The van der Waals surface area contributed by atoms with Gasteiger partial charge in [-0.3, -0.25) is 0 Å². The molecule has 0 saturated heterocycles. The number of aliphatic imine (C=N–C) groups is 2. The van der Waals surface area contributed by atoms with E-state index < -0.39 is 0 Å². The number of rotatable bonds is 3. The smallest absolute Gasteiger partial charge is 0.273 e. The summed E-state index contributed by atoms with van der Waals surface area (Å²) in [6.45, 7) is 1.22. The van der Waals surface area contributed by atoms with Crippen molar-refractivity contribution < 1.29 is 9.47 Å². The molecule has 0 spiro atoms. The summed E-state index contributed by atoms with van der Waals surface area (Å²) in [5.41, 5.74) is 2.25. The number of hydrogen-bond acceptors (Lipinski definition) is 4. The summed E-state index contributed by atoms with van der Waals surface area (Å²) in [5.74, 6) is 1.04. The zero-order chi connectivity index (χ0) is 14.8. The highest BCUT2D eigenvalue weighted by Crippen LogP contribution is 2.27. The second-order valence-corrected chi connectivity index (χ2v) is 5.33. The topological polar surface area (TPSA) is 43.2 Å². The highest BCUT2D eigenvalue weighted by Gasteiger charge is 2.31. The Morgan fingerprint density at radius 3 is 1.45 bits per heavy atom. The molecule has 4 nitrogen and oxygen atoms in total. The van der Waals surface area contributed by atoms with E-state index in [0.717, 1.165) is 11.1 Å². The maximum atomic E-state index is 5.91. The summed E-state index contributed by atoms with van der Waals surface area (Å²) in [4.78, 5) is 8.88. The van der Waals surface area contributed by atoms with Crippen molar-refractivity contribution in [1.82, 2.24) is 0 Å². The standard InChI is InChI=1S/C18H16N2O2/c1-3-7-13(8-4-1)15-11-19-17(21-15)18-20-12-16(22-18)14-9-5-2-6-10-14/h1-10,15-16H,11-12H2/t15-,16-/m0/s1. The molecular weight excluding hydrogens is 276 g/mol. The van der Waals surface area contributed by atoms with Gasteiger partial charge in [-0.1, -0.05) is 60.7 Å². The molecule has 4 heteroatoms. The first-order chi connectivity index (χ1) is 10.9. The van der Waals surface area contributed by atoms with E-state index in [4.69, 9.17) is 9.47 Å². The normalized spacial score (nSPS) is 23.5. The second kappa shape index (κ2) is 5.64. The molecule has 0 amide bonds. The third-order valence-electron chi connectivity index (χ3n) is 3.83. The van der Waals surface area contributed by atoms with E-state index in [0.29, 0.717) is 24.9 Å². The fraction of sp³-hybridized carbons (Fsp3) is 0.222. The van der Waals surface area contributed by atoms with E-state index in [1.807, 2.05) is 60.7 Å². The van der Waals surface area contributed by atoms with E-state index >= 15 is 0 Å². The average molecular weight is 292 g/mol. The van der Waals surface area contributed by atoms with Crippen molar-refractivity contribution in [3.8, 4) is 0 Å². The molecule has 0 aromatic heterocycles. The Labute approximate surface area is 129 Å². The van der Waals surface area contributed by atoms with Crippen molar-refractivity contribution in [2.24, 2.45) is 9.98 Å². The Kier molecular flexibility index (Phi) is 3.35. The van der Waals surface area contributed by atoms with Crippen LogP contribution in [-0.4, -0.2) is 24.9 Å². The Morgan fingerprint density at radius 2 is 1.05 bits per heavy atom. The molecule has 2 aliphatic rings. The molecule has 0 radical (unpaired) electrons. The lowest BCUT2D eigenvalue weighted by Crippen LogP contribution is -2.17. The van der Waals surface area contributed by atoms with Crippen LogP contribution in [0.4, 0.5) is 0 Å². The van der Waals surface area contributed by atoms with Gasteiger partial charge in [-0.05, 0) is 11.1 Å². The summed E-state index contributed by atoms with van der Waals surface area (Å²) in [6, 6.07) is 20.2. The summed E-state index contributed by atoms with van der Waals surface area (Å²) >= 11 is 0. The third kappa shape index (κ3) is 2.48. The Bertz CT molecular complexity index is 647. The molecular formula is C18H16N2O2. The summed E-state index contributed by atoms with van der Waals surface area (Å²) in [5, 5.41) is 0. The van der Waals surface area contributed by atoms with Crippen LogP contribution in [0.2, 0.25) is 0 Å². The van der Waals surface area contributed by atoms with Crippen LogP contribution in [0.15, 0.2) is 70.6 Å². The van der Waals surface area contributed by atoms with Crippen molar-refractivity contribution in [3.05, 3.63) is 71.8 Å². The number of nitrogens with zero attached hydrogens (tertiary/aromatic N) is 2. The van der Waals surface area contributed by atoms with Crippen LogP contribution in [0.3, 0.4) is 0 Å². The molecule has 110 valence electrons. The van der Waals surface area contributed by atoms with Crippen LogP contribution in [-0.2, 0) is 9.47 Å². The van der Waals surface area contributed by atoms with E-state index in [9.17, 15) is 0 Å². The van der Waals surface area contributed by atoms with E-state index in [2.05, 4.69) is 9.98 Å². The van der Waals surface area contributed by atoms with Crippen LogP contribution in [0, 0.1) is 0 Å². The van der Waals surface area contributed by atoms with Gasteiger partial charge in [0.25, 0.3) is 11.8 Å². The molecule has 2 atom stereocenters. The zero-order valence-corrected chi connectivity index (χ0v) is 12.1. The first-order valence-corrected chi connectivity index (χ1v) is 7.42. The molecule has 0 fully saturated rings. The van der Waals surface area contributed by atoms with Gasteiger partial charge in [0, 0.05) is 0 Å². The molecule has 0 unspecified atom stereocenters. The predicted molar refractivity (Wildman–Crippen MR) is 85.1 cm³/mol. The zero-order valence-electron chi connectivity index (χ0n) is 12.1. The minimum atomic E-state index is -0.0433. The number of hydrogen-bond donors (Lipinski definition) is 0. The lowest BCUT2D eigenvalue weighted by atomic mass is 10.1. The molecule has 2 heterocycles. The van der Waals surface area contributed by atoms with Crippen molar-refractivity contribution >= 4 is 11.8 Å². The minimum absolute atomic E-state index is 0.0433. The van der Waals surface area contributed by atoms with E-state index in [-0.39, 0.29) is 12.2 Å². The SMILES string of the molecule is c1ccc([C@@H]2CN=C(C3=NC[C@@H](c4ccccc4)O3)O2)cc1. The van der Waals surface area contributed by atoms with Gasteiger partial charge >= 0.3 is 0 Å². The van der Waals surface area contributed by atoms with Crippen LogP contribution < -0.4 is 0 Å². The molecule has 4 rings (SSSR count). The summed E-state index contributed by atoms with van der Waals surface area (Å²) in [7, 11) is 0. The number of ether oxygens (including phenoxy) is 2. The fourth-order valence-corrected chi connectivity index (χ4v) is 2.67. The Balaban J connectivity index is 1.42. The molecule has 2 aromatic rings. The van der Waals surface area contributed by atoms with Crippen molar-refractivity contribution in [2.75, 3.05) is 13.1 Å². The Hall–Kier alpha value is -2.62. The molecule has 0 N–H and O–H groups in total. The van der Waals surface area contributed by atoms with Gasteiger partial charge in [0.1, 0.15) is 12.2 Å². The van der Waals surface area contributed by atoms with Gasteiger partial charge in [0.15, 0.2) is 0 Å². The van der Waals surface area contributed by atoms with Gasteiger partial charge in [-0.15, -0.1) is 0 Å². The summed E-state index contributed by atoms with van der Waals surface area (Å²) in [6.07, 6.45) is -0.0865. The quantitative estimate of drug-likeness (QED) is 0.871. The van der Waals surface area contributed by atoms with Gasteiger partial charge in [0.2, 0.25) is 0 Å². The lowest BCUT2D eigenvalue weighted by Gasteiger charge is -2.13. The van der Waals surface area contributed by atoms with Crippen molar-refractivity contribution in [1.29, 1.82) is 0 Å². The van der Waals surface area contributed by atoms with Crippen LogP contribution in [0.25, 0.3) is 0 Å². The van der Waals surface area contributed by atoms with Gasteiger partial charge in [-0.2, -0.15) is 0 Å². The van der Waals surface area contributed by atoms with Gasteiger partial charge < -0.3 is 9.47 Å². The van der Waals surface area contributed by atoms with Crippen LogP contribution >= 0.6 is 0 Å². The molecule has 0 aliphatic carbocycles. The molecule has 2 aliphatic heterocycles. The average Bonchev–Trinajstić information content (AvgIpc) is 3.26. The number of benzene rings is 2. The first kappa shape index (κ1) is 13.1. The summed E-state index contributed by atoms with van der Waals surface area (Å²) < 4.78 is 11.8. The van der Waals surface area contributed by atoms with Crippen molar-refractivity contribution in [3.63, 3.8) is 0 Å². The minimum Gasteiger partial charge on any atom is -0.464 e. The first-order valence-electron chi connectivity index (χ1n) is 7.42. The van der Waals surface area contributed by atoms with Crippen LogP contribution in [0.5, 0.6) is 0 Å². The molecule has 0 bridgehead atoms. The third-order valence-corrected chi connectivity index (χ3v) is 3.83. The maximum Gasteiger partial charge on any atom is 0.273 e. The second-order valence-electron chi connectivity index (χ2n) is 5.33. The van der Waals surface area contributed by atoms with Gasteiger partial charge in [0.05, 0.1) is 13.1 Å². The van der Waals surface area contributed by atoms with Crippen molar-refractivity contribution in [2.45, 2.75) is 12.2 Å². The highest BCUT2D eigenvalue weighted by atomic mass is 16.6. The molecule has 0 saturated carbocycles. The largest absolute Gasteiger partial charge is 0.464 e. The molecule has 22 heavy (non-hydrogen) atoms. The lowest BCUT2D eigenvalue weighted by molar-refractivity contribution is 0.207. The Morgan fingerprint density at radius 1 is 0.636 bits per heavy atom. The fourth-order valence-electron chi connectivity index (χ4n) is 2.67. The van der Waals surface area contributed by atoms with E-state index in [1.165, 1.54) is 0 Å². The highest BCUT2D eigenvalue weighted by molar-refractivity contribution is 6.36. The van der Waals surface area contributed by atoms with E-state index in [1.54, 1.807) is 0 Å². The predicted octanol–water partition coefficient (Wildman–Crippen LogP) is 3.33. The molecule has 2 aromatic carbocycles. The maximum absolute atomic E-state index is 5.91.